The molecule has 0 radical (unpaired) electrons. The van der Waals surface area contributed by atoms with Crippen LogP contribution >= 0.6 is 15.9 Å². The van der Waals surface area contributed by atoms with E-state index in [-0.39, 0.29) is 30.3 Å². The molecule has 2 amide bonds. The number of rotatable bonds is 34. The maximum Gasteiger partial charge on any atom is 0.247 e. The maximum atomic E-state index is 13.9. The average molecular weight is 987 g/mol. The van der Waals surface area contributed by atoms with Crippen molar-refractivity contribution in [2.24, 2.45) is 0 Å². The third-order valence-corrected chi connectivity index (χ3v) is 11.4. The summed E-state index contributed by atoms with van der Waals surface area (Å²) in [5.74, 6) is 1.26. The summed E-state index contributed by atoms with van der Waals surface area (Å²) in [6, 6.07) is 21.9. The quantitative estimate of drug-likeness (QED) is 0.0345. The molecule has 0 saturated heterocycles. The number of unbranched alkanes of at least 4 members (excludes halogenated alkanes) is 1. The molecule has 0 fully saturated rings. The molecule has 1 aromatic heterocycles. The Labute approximate surface area is 406 Å². The second kappa shape index (κ2) is 30.9. The SMILES string of the molecule is C=C/C=C(\C=C)C(C)NC(=O)C(c1ccc(Br)cc1)N(C(=O)CCc1ccc(OCCCCN(C)CCOCCOCCc2cn(CCOCCOc3ccc(NC)cc3)nn2)cc1)C(C)C. The van der Waals surface area contributed by atoms with E-state index in [4.69, 9.17) is 23.7 Å². The van der Waals surface area contributed by atoms with Crippen molar-refractivity contribution in [1.82, 2.24) is 30.1 Å². The molecule has 67 heavy (non-hydrogen) atoms. The lowest BCUT2D eigenvalue weighted by Crippen LogP contribution is -2.49. The fourth-order valence-corrected chi connectivity index (χ4v) is 7.37. The van der Waals surface area contributed by atoms with Gasteiger partial charge >= 0.3 is 0 Å². The first-order valence-electron chi connectivity index (χ1n) is 23.3. The van der Waals surface area contributed by atoms with Crippen molar-refractivity contribution in [2.45, 2.75) is 77.5 Å². The third kappa shape index (κ3) is 20.2. The normalized spacial score (nSPS) is 12.4. The van der Waals surface area contributed by atoms with Crippen molar-refractivity contribution in [3.63, 3.8) is 0 Å². The Hall–Kier alpha value is -5.32. The van der Waals surface area contributed by atoms with Crippen LogP contribution in [-0.2, 0) is 43.2 Å². The minimum absolute atomic E-state index is 0.0999. The molecule has 4 rings (SSSR count). The molecule has 4 aromatic rings. The molecule has 14 nitrogen and oxygen atoms in total. The third-order valence-electron chi connectivity index (χ3n) is 10.9. The number of hydrogen-bond donors (Lipinski definition) is 2. The van der Waals surface area contributed by atoms with Gasteiger partial charge in [-0.15, -0.1) is 5.10 Å². The second-order valence-electron chi connectivity index (χ2n) is 16.4. The summed E-state index contributed by atoms with van der Waals surface area (Å²) in [7, 11) is 3.99. The van der Waals surface area contributed by atoms with Crippen LogP contribution in [0.5, 0.6) is 11.5 Å². The Morgan fingerprint density at radius 1 is 0.791 bits per heavy atom. The number of amides is 2. The first-order valence-corrected chi connectivity index (χ1v) is 24.1. The van der Waals surface area contributed by atoms with Gasteiger partial charge in [0, 0.05) is 48.8 Å². The first kappa shape index (κ1) is 54.3. The second-order valence-corrected chi connectivity index (χ2v) is 17.3. The van der Waals surface area contributed by atoms with Crippen LogP contribution in [0.15, 0.2) is 120 Å². The van der Waals surface area contributed by atoms with Gasteiger partial charge in [0.2, 0.25) is 11.8 Å². The number of benzene rings is 3. The van der Waals surface area contributed by atoms with Gasteiger partial charge in [-0.05, 0) is 119 Å². The van der Waals surface area contributed by atoms with Crippen molar-refractivity contribution in [3.05, 3.63) is 137 Å². The molecular formula is C52H72BrN7O7. The highest BCUT2D eigenvalue weighted by Crippen LogP contribution is 2.27. The minimum atomic E-state index is -0.811. The number of carbonyl (C=O) groups excluding carboxylic acids is 2. The van der Waals surface area contributed by atoms with Crippen LogP contribution in [0.4, 0.5) is 5.69 Å². The molecule has 0 aliphatic carbocycles. The standard InChI is InChI=1S/C52H72BrN7O7/c1-8-12-43(9-2)41(5)55-52(62)51(44-16-18-45(53)19-17-44)60(40(3)4)50(61)26-15-42-13-22-48(23-14-42)66-31-11-10-28-58(7)29-33-64-36-35-63-32-27-47-39-59(57-56-47)30-34-65-37-38-67-49-24-20-46(54-6)21-25-49/h8-9,12-14,16-25,39-41,51,54H,1-2,10-11,15,26-38H2,3-7H3,(H,55,62)/b43-12+. The van der Waals surface area contributed by atoms with E-state index in [1.165, 1.54) is 0 Å². The van der Waals surface area contributed by atoms with Gasteiger partial charge < -0.3 is 44.1 Å². The molecule has 0 bridgehead atoms. The predicted octanol–water partition coefficient (Wildman–Crippen LogP) is 8.26. The van der Waals surface area contributed by atoms with Gasteiger partial charge in [0.05, 0.1) is 64.5 Å². The number of halogens is 1. The van der Waals surface area contributed by atoms with Crippen LogP contribution in [0.2, 0.25) is 0 Å². The van der Waals surface area contributed by atoms with Gasteiger partial charge in [0.25, 0.3) is 0 Å². The number of hydrogen-bond acceptors (Lipinski definition) is 11. The molecule has 364 valence electrons. The molecular weight excluding hydrogens is 915 g/mol. The molecule has 3 aromatic carbocycles. The lowest BCUT2D eigenvalue weighted by molar-refractivity contribution is -0.143. The van der Waals surface area contributed by atoms with E-state index >= 15 is 0 Å². The summed E-state index contributed by atoms with van der Waals surface area (Å²) in [6.07, 6.45) is 10.5. The average Bonchev–Trinajstić information content (AvgIpc) is 3.79. The summed E-state index contributed by atoms with van der Waals surface area (Å²) < 4.78 is 31.6. The molecule has 2 unspecified atom stereocenters. The van der Waals surface area contributed by atoms with E-state index in [1.807, 2.05) is 113 Å². The highest BCUT2D eigenvalue weighted by molar-refractivity contribution is 9.10. The molecule has 2 atom stereocenters. The van der Waals surface area contributed by atoms with E-state index < -0.39 is 6.04 Å². The minimum Gasteiger partial charge on any atom is -0.494 e. The predicted molar refractivity (Wildman–Crippen MR) is 270 cm³/mol. The summed E-state index contributed by atoms with van der Waals surface area (Å²) in [4.78, 5) is 31.8. The largest absolute Gasteiger partial charge is 0.494 e. The fourth-order valence-electron chi connectivity index (χ4n) is 7.11. The van der Waals surface area contributed by atoms with Crippen LogP contribution in [0.3, 0.4) is 0 Å². The lowest BCUT2D eigenvalue weighted by Gasteiger charge is -2.35. The smallest absolute Gasteiger partial charge is 0.247 e. The Kier molecular flexibility index (Phi) is 25.0. The van der Waals surface area contributed by atoms with E-state index in [0.29, 0.717) is 72.2 Å². The van der Waals surface area contributed by atoms with E-state index in [9.17, 15) is 9.59 Å². The van der Waals surface area contributed by atoms with Crippen molar-refractivity contribution in [1.29, 1.82) is 0 Å². The Bertz CT molecular complexity index is 2080. The zero-order valence-electron chi connectivity index (χ0n) is 40.2. The number of aryl methyl sites for hydroxylation is 1. The van der Waals surface area contributed by atoms with Crippen LogP contribution < -0.4 is 20.1 Å². The molecule has 0 aliphatic rings. The number of allylic oxidation sites excluding steroid dienone is 2. The number of nitrogens with zero attached hydrogens (tertiary/aromatic N) is 5. The first-order chi connectivity index (χ1) is 32.5. The topological polar surface area (TPSA) is 142 Å². The lowest BCUT2D eigenvalue weighted by atomic mass is 10.00. The van der Waals surface area contributed by atoms with Crippen molar-refractivity contribution >= 4 is 33.4 Å². The number of aromatic nitrogens is 3. The highest BCUT2D eigenvalue weighted by Gasteiger charge is 2.34. The monoisotopic (exact) mass is 985 g/mol. The van der Waals surface area contributed by atoms with E-state index in [1.54, 1.807) is 21.7 Å². The maximum absolute atomic E-state index is 13.9. The van der Waals surface area contributed by atoms with Crippen LogP contribution in [0, 0.1) is 0 Å². The van der Waals surface area contributed by atoms with E-state index in [0.717, 1.165) is 70.0 Å². The van der Waals surface area contributed by atoms with Gasteiger partial charge in [-0.1, -0.05) is 76.8 Å². The van der Waals surface area contributed by atoms with E-state index in [2.05, 4.69) is 62.0 Å². The fraction of sp³-hybridized carbons (Fsp3) is 0.462. The summed E-state index contributed by atoms with van der Waals surface area (Å²) in [6.45, 7) is 20.2. The molecule has 15 heteroatoms. The molecule has 0 aliphatic heterocycles. The van der Waals surface area contributed by atoms with Crippen molar-refractivity contribution in [3.8, 4) is 11.5 Å². The number of ether oxygens (including phenoxy) is 5. The zero-order chi connectivity index (χ0) is 48.2. The molecule has 0 spiro atoms. The zero-order valence-corrected chi connectivity index (χ0v) is 41.8. The number of carbonyl (C=O) groups is 2. The van der Waals surface area contributed by atoms with Gasteiger partial charge in [0.1, 0.15) is 24.1 Å². The van der Waals surface area contributed by atoms with Crippen LogP contribution in [-0.4, -0.2) is 129 Å². The van der Waals surface area contributed by atoms with Crippen LogP contribution in [0.25, 0.3) is 0 Å². The molecule has 1 heterocycles. The van der Waals surface area contributed by atoms with Gasteiger partial charge in [0.15, 0.2) is 0 Å². The Morgan fingerprint density at radius 3 is 2.12 bits per heavy atom. The molecule has 2 N–H and O–H groups in total. The van der Waals surface area contributed by atoms with Gasteiger partial charge in [-0.25, -0.2) is 4.68 Å². The van der Waals surface area contributed by atoms with Crippen LogP contribution in [0.1, 0.15) is 62.9 Å². The number of nitrogens with one attached hydrogen (secondary N) is 2. The molecule has 0 saturated carbocycles. The number of likely N-dealkylation sites (N-methyl/N-ethyl adjacent to an activating group) is 1. The summed E-state index contributed by atoms with van der Waals surface area (Å²) in [5, 5.41) is 14.6. The Balaban J connectivity index is 1.04. The number of anilines is 1. The summed E-state index contributed by atoms with van der Waals surface area (Å²) >= 11 is 3.49. The van der Waals surface area contributed by atoms with Crippen molar-refractivity contribution < 1.29 is 33.3 Å². The Morgan fingerprint density at radius 2 is 1.45 bits per heavy atom. The van der Waals surface area contributed by atoms with Gasteiger partial charge in [-0.2, -0.15) is 0 Å². The van der Waals surface area contributed by atoms with Gasteiger partial charge in [-0.3, -0.25) is 9.59 Å². The summed E-state index contributed by atoms with van der Waals surface area (Å²) in [5.41, 5.74) is 4.51. The van der Waals surface area contributed by atoms with Crippen molar-refractivity contribution in [2.75, 3.05) is 85.4 Å². The highest BCUT2D eigenvalue weighted by atomic mass is 79.9.